The topological polar surface area (TPSA) is 141 Å². The number of benzene rings is 2. The van der Waals surface area contributed by atoms with Gasteiger partial charge in [0.15, 0.2) is 11.3 Å². The molecule has 0 aromatic heterocycles. The van der Waals surface area contributed by atoms with Crippen molar-refractivity contribution in [1.29, 1.82) is 0 Å². The third kappa shape index (κ3) is 18.7. The maximum Gasteiger partial charge on any atom is 1.00 e. The van der Waals surface area contributed by atoms with E-state index in [0.717, 1.165) is 11.1 Å². The Hall–Kier alpha value is -4.97. The van der Waals surface area contributed by atoms with Crippen LogP contribution in [0.15, 0.2) is 128 Å². The van der Waals surface area contributed by atoms with Gasteiger partial charge >= 0.3 is 59.6 Å². The standard InChI is InChI=1S/C20H24O4.C11H16O4.C11H12O3.Na.H/c1-5-7-8-12-15-20(18(21)23-3,19(22)24-4)17(6-2)16-13-10-9-11-14-16;1-4-5-6-7-8-9(10(12)14-2)11(13)15-3;1-13-11(12)14-9-5-8-10-6-3-2-4-7-10;;/h5-14,17H,2,15H2,1,3-4H3;4-7,9H,8H2,1-3H3;2-8H,9H2,1H3;;/q;;;+1;-1/b7-5+,12-8+;5-4+,7-6+;8-5+;;. The number of esters is 4. The number of rotatable bonds is 16. The molecule has 288 valence electrons. The molecule has 0 aliphatic rings. The zero-order chi connectivity index (χ0) is 39.9. The third-order valence-electron chi connectivity index (χ3n) is 7.26. The number of methoxy groups -OCH3 is 5. The van der Waals surface area contributed by atoms with E-state index < -0.39 is 47.3 Å². The van der Waals surface area contributed by atoms with Crippen LogP contribution in [0, 0.1) is 11.3 Å². The summed E-state index contributed by atoms with van der Waals surface area (Å²) in [6, 6.07) is 19.0. The first kappa shape index (κ1) is 51.1. The van der Waals surface area contributed by atoms with Crippen molar-refractivity contribution >= 4 is 36.1 Å². The van der Waals surface area contributed by atoms with E-state index in [9.17, 15) is 24.0 Å². The molecule has 0 aliphatic heterocycles. The molecular formula is C42H53NaO11. The van der Waals surface area contributed by atoms with E-state index in [1.54, 1.807) is 36.5 Å². The number of hydrogen-bond donors (Lipinski definition) is 0. The van der Waals surface area contributed by atoms with Crippen LogP contribution in [0.1, 0.15) is 45.2 Å². The maximum atomic E-state index is 12.6. The number of allylic oxidation sites excluding steroid dienone is 9. The molecule has 0 spiro atoms. The van der Waals surface area contributed by atoms with Crippen LogP contribution in [0.2, 0.25) is 0 Å². The van der Waals surface area contributed by atoms with Crippen molar-refractivity contribution in [2.45, 2.75) is 32.6 Å². The SMILES string of the molecule is C/C=C/C=C/CC(C(=O)OC)C(=O)OC.C=CC(c1ccccc1)C(C/C=C/C=C/C)(C(=O)OC)C(=O)OC.COC(=O)OC/C=C/c1ccccc1.[H-].[Na+]. The van der Waals surface area contributed by atoms with Crippen molar-refractivity contribution in [3.8, 4) is 0 Å². The minimum Gasteiger partial charge on any atom is -1.00 e. The van der Waals surface area contributed by atoms with Crippen molar-refractivity contribution in [1.82, 2.24) is 0 Å². The van der Waals surface area contributed by atoms with Gasteiger partial charge in [-0.1, -0.05) is 121 Å². The zero-order valence-electron chi connectivity index (χ0n) is 33.6. The van der Waals surface area contributed by atoms with Crippen molar-refractivity contribution in [3.63, 3.8) is 0 Å². The monoisotopic (exact) mass is 756 g/mol. The van der Waals surface area contributed by atoms with Crippen LogP contribution < -0.4 is 29.6 Å². The Labute approximate surface area is 343 Å². The molecular weight excluding hydrogens is 703 g/mol. The van der Waals surface area contributed by atoms with Gasteiger partial charge in [-0.05, 0) is 43.9 Å². The number of hydrogen-bond acceptors (Lipinski definition) is 11. The number of carbonyl (C=O) groups excluding carboxylic acids is 5. The van der Waals surface area contributed by atoms with Crippen LogP contribution in [0.3, 0.4) is 0 Å². The van der Waals surface area contributed by atoms with Crippen LogP contribution in [0.5, 0.6) is 0 Å². The molecule has 1 unspecified atom stereocenters. The van der Waals surface area contributed by atoms with E-state index in [4.69, 9.17) is 9.47 Å². The van der Waals surface area contributed by atoms with Gasteiger partial charge in [0.05, 0.1) is 35.5 Å². The van der Waals surface area contributed by atoms with Gasteiger partial charge in [0.25, 0.3) is 0 Å². The quantitative estimate of drug-likeness (QED) is 0.0578. The number of carbonyl (C=O) groups is 5. The molecule has 0 radical (unpaired) electrons. The van der Waals surface area contributed by atoms with Crippen LogP contribution in [-0.2, 0) is 47.6 Å². The molecule has 0 saturated carbocycles. The van der Waals surface area contributed by atoms with Gasteiger partial charge in [0.2, 0.25) is 0 Å². The second-order valence-electron chi connectivity index (χ2n) is 10.6. The second kappa shape index (κ2) is 31.5. The first-order valence-electron chi connectivity index (χ1n) is 16.6. The average molecular weight is 757 g/mol. The van der Waals surface area contributed by atoms with Crippen molar-refractivity contribution in [2.75, 3.05) is 42.2 Å². The molecule has 0 N–H and O–H groups in total. The second-order valence-corrected chi connectivity index (χ2v) is 10.6. The Morgan fingerprint density at radius 3 is 1.63 bits per heavy atom. The summed E-state index contributed by atoms with van der Waals surface area (Å²) in [6.45, 7) is 7.81. The first-order chi connectivity index (χ1) is 25.6. The molecule has 0 amide bonds. The summed E-state index contributed by atoms with van der Waals surface area (Å²) in [4.78, 5) is 58.2. The molecule has 12 heteroatoms. The Morgan fingerprint density at radius 2 is 1.19 bits per heavy atom. The summed E-state index contributed by atoms with van der Waals surface area (Å²) >= 11 is 0. The summed E-state index contributed by atoms with van der Waals surface area (Å²) in [5.74, 6) is -3.89. The van der Waals surface area contributed by atoms with Gasteiger partial charge in [-0.25, -0.2) is 4.79 Å². The number of ether oxygens (including phenoxy) is 6. The van der Waals surface area contributed by atoms with E-state index >= 15 is 0 Å². The van der Waals surface area contributed by atoms with Crippen molar-refractivity contribution in [2.24, 2.45) is 11.3 Å². The van der Waals surface area contributed by atoms with Crippen molar-refractivity contribution < 1.29 is 83.4 Å². The molecule has 54 heavy (non-hydrogen) atoms. The molecule has 0 aliphatic carbocycles. The molecule has 2 aromatic rings. The summed E-state index contributed by atoms with van der Waals surface area (Å²) in [7, 11) is 6.30. The third-order valence-corrected chi connectivity index (χ3v) is 7.26. The van der Waals surface area contributed by atoms with Gasteiger partial charge in [-0.3, -0.25) is 19.2 Å². The fraction of sp³-hybridized carbons (Fsp3) is 0.310. The summed E-state index contributed by atoms with van der Waals surface area (Å²) in [6.07, 6.45) is 19.3. The molecule has 0 saturated heterocycles. The largest absolute Gasteiger partial charge is 1.00 e. The van der Waals surface area contributed by atoms with Gasteiger partial charge in [0, 0.05) is 5.92 Å². The predicted octanol–water partition coefficient (Wildman–Crippen LogP) is 4.88. The summed E-state index contributed by atoms with van der Waals surface area (Å²) < 4.78 is 27.9. The fourth-order valence-corrected chi connectivity index (χ4v) is 4.62. The Morgan fingerprint density at radius 1 is 0.685 bits per heavy atom. The van der Waals surface area contributed by atoms with Crippen LogP contribution >= 0.6 is 0 Å². The van der Waals surface area contributed by atoms with Gasteiger partial charge < -0.3 is 29.8 Å². The predicted molar refractivity (Wildman–Crippen MR) is 205 cm³/mol. The maximum absolute atomic E-state index is 12.6. The van der Waals surface area contributed by atoms with E-state index in [1.165, 1.54) is 35.5 Å². The minimum absolute atomic E-state index is 0. The van der Waals surface area contributed by atoms with Gasteiger partial charge in [-0.15, -0.1) is 6.58 Å². The molecule has 2 rings (SSSR count). The van der Waals surface area contributed by atoms with Gasteiger partial charge in [-0.2, -0.15) is 0 Å². The normalized spacial score (nSPS) is 11.5. The molecule has 0 bridgehead atoms. The van der Waals surface area contributed by atoms with Crippen molar-refractivity contribution in [3.05, 3.63) is 139 Å². The van der Waals surface area contributed by atoms with E-state index in [0.29, 0.717) is 0 Å². The average Bonchev–Trinajstić information content (AvgIpc) is 3.20. The minimum atomic E-state index is -1.52. The van der Waals surface area contributed by atoms with Crippen LogP contribution in [0.4, 0.5) is 4.79 Å². The molecule has 0 heterocycles. The van der Waals surface area contributed by atoms with E-state index in [-0.39, 0.29) is 50.4 Å². The summed E-state index contributed by atoms with van der Waals surface area (Å²) in [5, 5.41) is 0. The Balaban J connectivity index is -0.000000762. The molecule has 0 fully saturated rings. The van der Waals surface area contributed by atoms with E-state index in [1.807, 2.05) is 105 Å². The Bertz CT molecular complexity index is 1520. The van der Waals surface area contributed by atoms with Crippen LogP contribution in [-0.4, -0.2) is 72.2 Å². The molecule has 1 atom stereocenters. The Kier molecular flexibility index (Phi) is 29.9. The molecule has 11 nitrogen and oxygen atoms in total. The van der Waals surface area contributed by atoms with Crippen LogP contribution in [0.25, 0.3) is 6.08 Å². The first-order valence-corrected chi connectivity index (χ1v) is 16.6. The fourth-order valence-electron chi connectivity index (χ4n) is 4.62. The zero-order valence-corrected chi connectivity index (χ0v) is 34.6. The van der Waals surface area contributed by atoms with Gasteiger partial charge in [0.1, 0.15) is 6.61 Å². The molecule has 2 aromatic carbocycles. The van der Waals surface area contributed by atoms with E-state index in [2.05, 4.69) is 25.5 Å². The summed E-state index contributed by atoms with van der Waals surface area (Å²) in [5.41, 5.74) is 0.341. The smallest absolute Gasteiger partial charge is 1.00 e.